The number of aliphatic carboxylic acids is 1. The summed E-state index contributed by atoms with van der Waals surface area (Å²) in [5.41, 5.74) is 3.56. The maximum absolute atomic E-state index is 13.8. The Bertz CT molecular complexity index is 1710. The molecule has 1 aromatic carbocycles. The standard InChI is InChI=1S/C29H29F3N6O3S/c1-17-7-8-19(23(14-25(39)40)22-9-12-38-26(18(22)2)34-35-28(38)29(30,31)32)13-20(17)15-36-16-21-5-4-11-37(21)27-24(42(36)41)6-3-10-33-27/h3,6-10,12-13,21,23H,4-5,11,14-16H2,1-2H3,(H,39,40). The number of hydrogen-bond acceptors (Lipinski definition) is 6. The monoisotopic (exact) mass is 598 g/mol. The molecule has 1 N–H and O–H groups in total. The minimum absolute atomic E-state index is 0.0240. The number of aromatic nitrogens is 4. The van der Waals surface area contributed by atoms with Crippen molar-refractivity contribution in [1.82, 2.24) is 23.9 Å². The molecule has 5 heterocycles. The Morgan fingerprint density at radius 1 is 1.19 bits per heavy atom. The lowest BCUT2D eigenvalue weighted by Crippen LogP contribution is -2.38. The maximum Gasteiger partial charge on any atom is 0.452 e. The van der Waals surface area contributed by atoms with Crippen LogP contribution in [0.1, 0.15) is 58.8 Å². The van der Waals surface area contributed by atoms with Gasteiger partial charge in [-0.15, -0.1) is 10.2 Å². The number of nitrogens with zero attached hydrogens (tertiary/aromatic N) is 6. The minimum Gasteiger partial charge on any atom is -0.481 e. The molecule has 6 rings (SSSR count). The highest BCUT2D eigenvalue weighted by atomic mass is 32.2. The molecule has 13 heteroatoms. The summed E-state index contributed by atoms with van der Waals surface area (Å²) in [5, 5.41) is 16.9. The number of alkyl halides is 3. The molecule has 1 saturated heterocycles. The zero-order valence-corrected chi connectivity index (χ0v) is 23.8. The molecule has 3 unspecified atom stereocenters. The molecule has 1 fully saturated rings. The predicted molar refractivity (Wildman–Crippen MR) is 149 cm³/mol. The molecule has 0 saturated carbocycles. The Morgan fingerprint density at radius 2 is 2.00 bits per heavy atom. The van der Waals surface area contributed by atoms with Crippen LogP contribution in [0, 0.1) is 13.8 Å². The third-order valence-corrected chi connectivity index (χ3v) is 9.68. The summed E-state index contributed by atoms with van der Waals surface area (Å²) >= 11 is 0. The summed E-state index contributed by atoms with van der Waals surface area (Å²) in [6.07, 6.45) is 0.0189. The first-order chi connectivity index (χ1) is 20.0. The molecule has 42 heavy (non-hydrogen) atoms. The second kappa shape index (κ2) is 10.8. The second-order valence-corrected chi connectivity index (χ2v) is 12.3. The van der Waals surface area contributed by atoms with Crippen LogP contribution in [0.3, 0.4) is 0 Å². The quantitative estimate of drug-likeness (QED) is 0.338. The number of carboxylic acid groups (broad SMARTS) is 1. The van der Waals surface area contributed by atoms with Gasteiger partial charge in [-0.1, -0.05) is 18.2 Å². The van der Waals surface area contributed by atoms with Gasteiger partial charge in [-0.05, 0) is 72.7 Å². The van der Waals surface area contributed by atoms with E-state index < -0.39 is 34.9 Å². The third-order valence-electron chi connectivity index (χ3n) is 8.23. The second-order valence-electron chi connectivity index (χ2n) is 10.8. The molecule has 4 aromatic rings. The van der Waals surface area contributed by atoms with Gasteiger partial charge in [0.1, 0.15) is 16.8 Å². The third kappa shape index (κ3) is 5.04. The SMILES string of the molecule is Cc1ccc(C(CC(=O)O)c2ccn3c(C(F)(F)F)nnc3c2C)cc1CN1CC2CCCN2c2ncccc2S1=O. The van der Waals surface area contributed by atoms with Gasteiger partial charge < -0.3 is 10.0 Å². The number of pyridine rings is 2. The lowest BCUT2D eigenvalue weighted by molar-refractivity contribution is -0.145. The van der Waals surface area contributed by atoms with Gasteiger partial charge >= 0.3 is 12.1 Å². The molecule has 0 amide bonds. The first kappa shape index (κ1) is 28.3. The van der Waals surface area contributed by atoms with Crippen molar-refractivity contribution in [2.45, 2.75) is 62.7 Å². The van der Waals surface area contributed by atoms with Crippen molar-refractivity contribution in [3.05, 3.63) is 82.4 Å². The number of rotatable bonds is 6. The minimum atomic E-state index is -4.68. The smallest absolute Gasteiger partial charge is 0.452 e. The number of aryl methyl sites for hydroxylation is 2. The lowest BCUT2D eigenvalue weighted by atomic mass is 9.85. The van der Waals surface area contributed by atoms with E-state index in [0.717, 1.165) is 40.7 Å². The van der Waals surface area contributed by atoms with Crippen molar-refractivity contribution in [3.8, 4) is 0 Å². The average Bonchev–Trinajstić information content (AvgIpc) is 3.58. The van der Waals surface area contributed by atoms with Crippen LogP contribution in [-0.4, -0.2) is 58.3 Å². The zero-order valence-electron chi connectivity index (χ0n) is 23.0. The van der Waals surface area contributed by atoms with Gasteiger partial charge in [0.2, 0.25) is 5.82 Å². The molecule has 9 nitrogen and oxygen atoms in total. The van der Waals surface area contributed by atoms with Gasteiger partial charge in [0, 0.05) is 44.0 Å². The number of hydrogen-bond donors (Lipinski definition) is 1. The number of halogens is 3. The summed E-state index contributed by atoms with van der Waals surface area (Å²) in [6.45, 7) is 5.42. The first-order valence-corrected chi connectivity index (χ1v) is 14.7. The van der Waals surface area contributed by atoms with E-state index >= 15 is 0 Å². The molecule has 0 spiro atoms. The van der Waals surface area contributed by atoms with Crippen molar-refractivity contribution in [2.75, 3.05) is 18.0 Å². The Balaban J connectivity index is 1.37. The summed E-state index contributed by atoms with van der Waals surface area (Å²) in [4.78, 5) is 19.5. The Morgan fingerprint density at radius 3 is 2.76 bits per heavy atom. The highest BCUT2D eigenvalue weighted by molar-refractivity contribution is 7.82. The van der Waals surface area contributed by atoms with Crippen LogP contribution in [0.5, 0.6) is 0 Å². The van der Waals surface area contributed by atoms with Crippen LogP contribution in [0.25, 0.3) is 5.65 Å². The first-order valence-electron chi connectivity index (χ1n) is 13.6. The molecule has 220 valence electrons. The topological polar surface area (TPSA) is 104 Å². The summed E-state index contributed by atoms with van der Waals surface area (Å²) in [6, 6.07) is 11.0. The Labute approximate surface area is 242 Å². The van der Waals surface area contributed by atoms with Gasteiger partial charge in [0.05, 0.1) is 11.3 Å². The number of benzene rings is 1. The van der Waals surface area contributed by atoms with Crippen LogP contribution in [0.2, 0.25) is 0 Å². The van der Waals surface area contributed by atoms with E-state index in [9.17, 15) is 27.3 Å². The van der Waals surface area contributed by atoms with Gasteiger partial charge in [0.15, 0.2) is 5.65 Å². The van der Waals surface area contributed by atoms with Crippen molar-refractivity contribution < 1.29 is 27.3 Å². The van der Waals surface area contributed by atoms with Crippen LogP contribution < -0.4 is 4.90 Å². The Hall–Kier alpha value is -3.84. The van der Waals surface area contributed by atoms with Crippen LogP contribution >= 0.6 is 0 Å². The highest BCUT2D eigenvalue weighted by Crippen LogP contribution is 2.37. The lowest BCUT2D eigenvalue weighted by Gasteiger charge is -2.26. The molecular weight excluding hydrogens is 569 g/mol. The molecular formula is C29H29F3N6O3S. The molecule has 0 bridgehead atoms. The van der Waals surface area contributed by atoms with Crippen molar-refractivity contribution >= 4 is 28.4 Å². The zero-order chi connectivity index (χ0) is 29.8. The molecule has 3 atom stereocenters. The number of carbonyl (C=O) groups is 1. The fraction of sp³-hybridized carbons (Fsp3) is 0.379. The van der Waals surface area contributed by atoms with Crippen molar-refractivity contribution in [2.24, 2.45) is 0 Å². The molecule has 0 radical (unpaired) electrons. The van der Waals surface area contributed by atoms with E-state index in [1.807, 2.05) is 35.5 Å². The van der Waals surface area contributed by atoms with Gasteiger partial charge in [0.25, 0.3) is 0 Å². The fourth-order valence-corrected chi connectivity index (χ4v) is 7.49. The summed E-state index contributed by atoms with van der Waals surface area (Å²) in [5.74, 6) is -2.07. The average molecular weight is 599 g/mol. The maximum atomic E-state index is 13.8. The van der Waals surface area contributed by atoms with Gasteiger partial charge in [-0.2, -0.15) is 13.2 Å². The van der Waals surface area contributed by atoms with E-state index in [1.165, 1.54) is 12.3 Å². The van der Waals surface area contributed by atoms with Crippen molar-refractivity contribution in [1.29, 1.82) is 0 Å². The van der Waals surface area contributed by atoms with Crippen LogP contribution in [-0.2, 0) is 28.5 Å². The van der Waals surface area contributed by atoms with E-state index in [2.05, 4.69) is 20.1 Å². The van der Waals surface area contributed by atoms with Crippen LogP contribution in [0.15, 0.2) is 53.7 Å². The highest BCUT2D eigenvalue weighted by Gasteiger charge is 2.38. The van der Waals surface area contributed by atoms with E-state index in [0.29, 0.717) is 34.7 Å². The van der Waals surface area contributed by atoms with E-state index in [1.54, 1.807) is 19.2 Å². The number of carboxylic acids is 1. The fourth-order valence-electron chi connectivity index (χ4n) is 6.12. The van der Waals surface area contributed by atoms with Gasteiger partial charge in [-0.3, -0.25) is 9.20 Å². The largest absolute Gasteiger partial charge is 0.481 e. The summed E-state index contributed by atoms with van der Waals surface area (Å²) < 4.78 is 56.9. The van der Waals surface area contributed by atoms with Gasteiger partial charge in [-0.25, -0.2) is 13.5 Å². The van der Waals surface area contributed by atoms with Crippen LogP contribution in [0.4, 0.5) is 19.0 Å². The normalized spacial score (nSPS) is 19.9. The summed E-state index contributed by atoms with van der Waals surface area (Å²) in [7, 11) is -1.45. The van der Waals surface area contributed by atoms with E-state index in [-0.39, 0.29) is 18.1 Å². The van der Waals surface area contributed by atoms with E-state index in [4.69, 9.17) is 0 Å². The number of fused-ring (bicyclic) bond motifs is 4. The van der Waals surface area contributed by atoms with Crippen molar-refractivity contribution in [3.63, 3.8) is 0 Å². The molecule has 3 aromatic heterocycles. The molecule has 2 aliphatic rings. The molecule has 0 aliphatic carbocycles. The molecule has 2 aliphatic heterocycles. The predicted octanol–water partition coefficient (Wildman–Crippen LogP) is 4.87. The Kier molecular flexibility index (Phi) is 7.26. The number of anilines is 1.